The van der Waals surface area contributed by atoms with Crippen molar-refractivity contribution in [2.24, 2.45) is 0 Å². The quantitative estimate of drug-likeness (QED) is 0.236. The highest BCUT2D eigenvalue weighted by Crippen LogP contribution is 2.32. The fraction of sp³-hybridized carbons (Fsp3) is 1.00. The fourth-order valence-corrected chi connectivity index (χ4v) is 2.22. The van der Waals surface area contributed by atoms with E-state index in [9.17, 15) is 26.7 Å². The minimum Gasteiger partial charge on any atom is -0.320 e. The zero-order valence-electron chi connectivity index (χ0n) is 10.6. The van der Waals surface area contributed by atoms with Crippen molar-refractivity contribution in [2.45, 2.75) is 31.3 Å². The predicted molar refractivity (Wildman–Crippen MR) is 62.1 cm³/mol. The molecule has 0 aliphatic carbocycles. The first kappa shape index (κ1) is 20.7. The molecule has 0 fully saturated rings. The van der Waals surface area contributed by atoms with Crippen LogP contribution in [0, 0.1) is 0 Å². The molecule has 0 aromatic heterocycles. The Morgan fingerprint density at radius 2 is 1.33 bits per heavy atom. The normalized spacial score (nSPS) is 14.2. The summed E-state index contributed by atoms with van der Waals surface area (Å²) in [6.45, 7) is -0.993. The van der Waals surface area contributed by atoms with E-state index in [1.54, 1.807) is 0 Å². The third-order valence-electron chi connectivity index (χ3n) is 2.21. The molecule has 0 aromatic rings. The third-order valence-corrected chi connectivity index (χ3v) is 3.75. The lowest BCUT2D eigenvalue weighted by Gasteiger charge is -2.18. The van der Waals surface area contributed by atoms with Gasteiger partial charge in [-0.3, -0.25) is 0 Å². The Hall–Kier alpha value is -0.280. The Labute approximate surface area is 118 Å². The van der Waals surface area contributed by atoms with Crippen LogP contribution in [-0.2, 0) is 23.2 Å². The number of halogens is 4. The molecule has 0 rings (SSSR count). The molecule has 2 unspecified atom stereocenters. The zero-order valence-corrected chi connectivity index (χ0v) is 12.4. The summed E-state index contributed by atoms with van der Waals surface area (Å²) in [5.41, 5.74) is 0. The van der Waals surface area contributed by atoms with E-state index in [2.05, 4.69) is 14.1 Å². The number of alkyl halides is 4. The van der Waals surface area contributed by atoms with Crippen LogP contribution in [0.3, 0.4) is 0 Å². The molecule has 7 nitrogen and oxygen atoms in total. The molecule has 0 saturated carbocycles. The van der Waals surface area contributed by atoms with E-state index in [1.807, 2.05) is 0 Å². The minimum atomic E-state index is -3.79. The molecule has 0 saturated heterocycles. The van der Waals surface area contributed by atoms with Crippen LogP contribution in [0.15, 0.2) is 0 Å². The Morgan fingerprint density at radius 1 is 0.857 bits per heavy atom. The Morgan fingerprint density at radius 3 is 1.81 bits per heavy atom. The van der Waals surface area contributed by atoms with Crippen LogP contribution in [0.25, 0.3) is 0 Å². The summed E-state index contributed by atoms with van der Waals surface area (Å²) in [6.07, 6.45) is -8.19. The van der Waals surface area contributed by atoms with Gasteiger partial charge in [-0.05, 0) is 9.13 Å². The van der Waals surface area contributed by atoms with Crippen LogP contribution < -0.4 is 0 Å². The van der Waals surface area contributed by atoms with Crippen LogP contribution in [0.5, 0.6) is 0 Å². The molecule has 0 bridgehead atoms. The molecule has 2 atom stereocenters. The summed E-state index contributed by atoms with van der Waals surface area (Å²) in [6, 6.07) is 0. The summed E-state index contributed by atoms with van der Waals surface area (Å²) in [5, 5.41) is 15.9. The van der Waals surface area contributed by atoms with Crippen LogP contribution in [0.2, 0.25) is 0 Å². The average Bonchev–Trinajstić information content (AvgIpc) is 2.41. The van der Waals surface area contributed by atoms with Crippen molar-refractivity contribution < 1.29 is 51.3 Å². The average molecular weight is 360 g/mol. The largest absolute Gasteiger partial charge is 0.539 e. The molecule has 124 valence electrons. The van der Waals surface area contributed by atoms with Crippen molar-refractivity contribution in [3.63, 3.8) is 0 Å². The highest BCUT2D eigenvalue weighted by Gasteiger charge is 2.38. The van der Waals surface area contributed by atoms with Gasteiger partial charge in [0.15, 0.2) is 12.3 Å². The maximum atomic E-state index is 13.2. The van der Waals surface area contributed by atoms with E-state index in [-0.39, 0.29) is 0 Å². The maximum Gasteiger partial charge on any atom is 0.539 e. The molecular weight excluding hydrogens is 346 g/mol. The first-order valence-electron chi connectivity index (χ1n) is 5.54. The van der Waals surface area contributed by atoms with Gasteiger partial charge in [0, 0.05) is 15.8 Å². The summed E-state index contributed by atoms with van der Waals surface area (Å²) in [7, 11) is -5.30. The zero-order chi connectivity index (χ0) is 16.5. The summed E-state index contributed by atoms with van der Waals surface area (Å²) < 4.78 is 84.2. The second-order valence-electron chi connectivity index (χ2n) is 3.87. The molecule has 0 heterocycles. The van der Waals surface area contributed by atoms with Crippen molar-refractivity contribution in [3.8, 4) is 0 Å². The third kappa shape index (κ3) is 11.0. The van der Waals surface area contributed by atoms with E-state index in [4.69, 9.17) is 10.5 Å². The van der Waals surface area contributed by atoms with Crippen LogP contribution in [-0.4, -0.2) is 41.5 Å². The fourth-order valence-electron chi connectivity index (χ4n) is 1.10. The molecule has 0 aliphatic heterocycles. The lowest BCUT2D eigenvalue weighted by molar-refractivity contribution is -0.245. The lowest BCUT2D eigenvalue weighted by Crippen LogP contribution is -2.26. The standard InChI is InChI=1S/C8H12F4O7P2/c9-7(10,2-5-20(15)18-13)1-4-17-8(11,12)3-6-21(16)19-14/h1-6H2/p+2. The molecule has 0 radical (unpaired) electrons. The molecule has 0 aromatic carbocycles. The van der Waals surface area contributed by atoms with E-state index < -0.39 is 66.3 Å². The molecule has 21 heavy (non-hydrogen) atoms. The van der Waals surface area contributed by atoms with Gasteiger partial charge in [-0.25, -0.2) is 19.3 Å². The SMILES string of the molecule is O=[P+](CCC(F)(F)CCOC(F)(F)CC[P+](=O)OO)OO. The molecule has 2 N–H and O–H groups in total. The second-order valence-corrected chi connectivity index (χ2v) is 6.42. The summed E-state index contributed by atoms with van der Waals surface area (Å²) >= 11 is 0. The summed E-state index contributed by atoms with van der Waals surface area (Å²) in [4.78, 5) is 0. The van der Waals surface area contributed by atoms with Gasteiger partial charge in [0.1, 0.15) is 0 Å². The first-order chi connectivity index (χ1) is 9.62. The topological polar surface area (TPSA) is 102 Å². The number of rotatable bonds is 12. The maximum absolute atomic E-state index is 13.2. The van der Waals surface area contributed by atoms with Crippen LogP contribution >= 0.6 is 16.1 Å². The van der Waals surface area contributed by atoms with Gasteiger partial charge in [-0.15, -0.1) is 0 Å². The number of hydrogen-bond acceptors (Lipinski definition) is 7. The van der Waals surface area contributed by atoms with Crippen LogP contribution in [0.1, 0.15) is 19.3 Å². The first-order valence-corrected chi connectivity index (χ1v) is 8.26. The molecule has 13 heteroatoms. The predicted octanol–water partition coefficient (Wildman–Crippen LogP) is 3.87. The smallest absolute Gasteiger partial charge is 0.320 e. The lowest BCUT2D eigenvalue weighted by atomic mass is 10.2. The van der Waals surface area contributed by atoms with Crippen molar-refractivity contribution >= 4 is 16.1 Å². The molecule has 0 spiro atoms. The van der Waals surface area contributed by atoms with E-state index in [0.29, 0.717) is 0 Å². The van der Waals surface area contributed by atoms with E-state index >= 15 is 0 Å². The van der Waals surface area contributed by atoms with E-state index in [0.717, 1.165) is 0 Å². The molecular formula is C8H14F4O7P2+2. The molecule has 0 aliphatic rings. The van der Waals surface area contributed by atoms with Gasteiger partial charge in [0.25, 0.3) is 5.92 Å². The van der Waals surface area contributed by atoms with Gasteiger partial charge >= 0.3 is 22.2 Å². The van der Waals surface area contributed by atoms with E-state index in [1.165, 1.54) is 0 Å². The van der Waals surface area contributed by atoms with Gasteiger partial charge in [0.05, 0.1) is 19.4 Å². The Kier molecular flexibility index (Phi) is 9.55. The Balaban J connectivity index is 4.03. The monoisotopic (exact) mass is 360 g/mol. The van der Waals surface area contributed by atoms with Gasteiger partial charge in [-0.1, -0.05) is 0 Å². The van der Waals surface area contributed by atoms with Crippen LogP contribution in [0.4, 0.5) is 17.6 Å². The highest BCUT2D eigenvalue weighted by atomic mass is 31.1. The van der Waals surface area contributed by atoms with Crippen molar-refractivity contribution in [1.29, 1.82) is 0 Å². The van der Waals surface area contributed by atoms with Gasteiger partial charge in [0.2, 0.25) is 0 Å². The number of hydrogen-bond donors (Lipinski definition) is 2. The minimum absolute atomic E-state index is 0.635. The second kappa shape index (κ2) is 9.68. The van der Waals surface area contributed by atoms with Gasteiger partial charge < -0.3 is 4.74 Å². The highest BCUT2D eigenvalue weighted by molar-refractivity contribution is 7.39. The Bertz CT molecular complexity index is 324. The summed E-state index contributed by atoms with van der Waals surface area (Å²) in [5.74, 6) is -3.42. The van der Waals surface area contributed by atoms with Crippen molar-refractivity contribution in [3.05, 3.63) is 0 Å². The number of ether oxygens (including phenoxy) is 1. The van der Waals surface area contributed by atoms with Crippen molar-refractivity contribution in [2.75, 3.05) is 18.9 Å². The van der Waals surface area contributed by atoms with Crippen molar-refractivity contribution in [1.82, 2.24) is 0 Å². The molecule has 0 amide bonds. The van der Waals surface area contributed by atoms with Gasteiger partial charge in [-0.2, -0.15) is 8.78 Å².